The van der Waals surface area contributed by atoms with Crippen molar-refractivity contribution in [2.75, 3.05) is 6.54 Å². The second kappa shape index (κ2) is 9.13. The maximum Gasteiger partial charge on any atom is 0.410 e. The molecule has 1 N–H and O–H groups in total. The highest BCUT2D eigenvalue weighted by molar-refractivity contribution is 5.88. The molecule has 9 heteroatoms. The van der Waals surface area contributed by atoms with Crippen molar-refractivity contribution in [2.24, 2.45) is 0 Å². The van der Waals surface area contributed by atoms with E-state index in [1.54, 1.807) is 33.0 Å². The molecule has 0 aliphatic heterocycles. The van der Waals surface area contributed by atoms with Crippen LogP contribution in [0.4, 0.5) is 10.5 Å². The number of rotatable bonds is 7. The largest absolute Gasteiger partial charge is 0.478 e. The Morgan fingerprint density at radius 2 is 1.97 bits per heavy atom. The lowest BCUT2D eigenvalue weighted by Gasteiger charge is -2.27. The minimum Gasteiger partial charge on any atom is -0.478 e. The summed E-state index contributed by atoms with van der Waals surface area (Å²) >= 11 is 0. The van der Waals surface area contributed by atoms with Gasteiger partial charge in [-0.15, -0.1) is 0 Å². The number of pyridine rings is 1. The van der Waals surface area contributed by atoms with Gasteiger partial charge in [-0.1, -0.05) is 6.07 Å². The third-order valence-corrected chi connectivity index (χ3v) is 3.91. The predicted molar refractivity (Wildman–Crippen MR) is 105 cm³/mol. The summed E-state index contributed by atoms with van der Waals surface area (Å²) in [5.74, 6) is -1.26. The average molecular weight is 401 g/mol. The molecule has 0 saturated carbocycles. The van der Waals surface area contributed by atoms with Crippen LogP contribution in [0, 0.1) is 10.1 Å². The second-order valence-corrected chi connectivity index (χ2v) is 7.38. The summed E-state index contributed by atoms with van der Waals surface area (Å²) in [7, 11) is 0. The molecule has 0 radical (unpaired) electrons. The summed E-state index contributed by atoms with van der Waals surface area (Å²) in [5.41, 5.74) is -0.322. The van der Waals surface area contributed by atoms with Crippen LogP contribution in [0.1, 0.15) is 42.4 Å². The van der Waals surface area contributed by atoms with Crippen molar-refractivity contribution in [3.63, 3.8) is 0 Å². The molecule has 0 atom stereocenters. The van der Waals surface area contributed by atoms with Crippen molar-refractivity contribution in [2.45, 2.75) is 39.3 Å². The number of carboxylic acid groups (broad SMARTS) is 1. The Kier molecular flexibility index (Phi) is 6.87. The van der Waals surface area contributed by atoms with Crippen molar-refractivity contribution in [1.29, 1.82) is 0 Å². The number of ether oxygens (including phenoxy) is 1. The second-order valence-electron chi connectivity index (χ2n) is 7.38. The molecule has 0 spiro atoms. The number of carbonyl (C=O) groups excluding carboxylic acids is 1. The smallest absolute Gasteiger partial charge is 0.410 e. The van der Waals surface area contributed by atoms with Gasteiger partial charge < -0.3 is 14.7 Å². The highest BCUT2D eigenvalue weighted by atomic mass is 16.6. The van der Waals surface area contributed by atoms with Crippen LogP contribution in [-0.4, -0.2) is 44.1 Å². The van der Waals surface area contributed by atoms with E-state index in [9.17, 15) is 19.7 Å². The van der Waals surface area contributed by atoms with Gasteiger partial charge in [-0.2, -0.15) is 0 Å². The summed E-state index contributed by atoms with van der Waals surface area (Å²) in [4.78, 5) is 40.1. The van der Waals surface area contributed by atoms with Gasteiger partial charge in [0.2, 0.25) is 0 Å². The molecule has 1 amide bonds. The SMILES string of the molecule is CC(C)(C)OC(=O)N(CCc1ccccn1)Cc1ccc(C(=O)O)cc1[N+](=O)[O-]. The van der Waals surface area contributed by atoms with E-state index in [4.69, 9.17) is 9.84 Å². The van der Waals surface area contributed by atoms with Crippen LogP contribution < -0.4 is 0 Å². The molecular formula is C20H23N3O6. The fraction of sp³-hybridized carbons (Fsp3) is 0.350. The molecule has 2 aromatic rings. The number of carboxylic acids is 1. The quantitative estimate of drug-likeness (QED) is 0.554. The topological polar surface area (TPSA) is 123 Å². The summed E-state index contributed by atoms with van der Waals surface area (Å²) in [6.45, 7) is 5.31. The first kappa shape index (κ1) is 21.8. The Morgan fingerprint density at radius 1 is 1.24 bits per heavy atom. The van der Waals surface area contributed by atoms with Gasteiger partial charge in [0.25, 0.3) is 5.69 Å². The fourth-order valence-electron chi connectivity index (χ4n) is 2.56. The molecule has 0 unspecified atom stereocenters. The molecule has 0 aliphatic rings. The van der Waals surface area contributed by atoms with E-state index >= 15 is 0 Å². The highest BCUT2D eigenvalue weighted by Gasteiger charge is 2.25. The zero-order chi connectivity index (χ0) is 21.6. The Bertz CT molecular complexity index is 893. The fourth-order valence-corrected chi connectivity index (χ4v) is 2.56. The van der Waals surface area contributed by atoms with Crippen LogP contribution in [0.25, 0.3) is 0 Å². The number of hydrogen-bond acceptors (Lipinski definition) is 6. The van der Waals surface area contributed by atoms with Crippen molar-refractivity contribution >= 4 is 17.7 Å². The lowest BCUT2D eigenvalue weighted by Crippen LogP contribution is -2.37. The minimum atomic E-state index is -1.26. The van der Waals surface area contributed by atoms with Crippen molar-refractivity contribution in [3.05, 3.63) is 69.5 Å². The zero-order valence-electron chi connectivity index (χ0n) is 16.5. The molecular weight excluding hydrogens is 378 g/mol. The molecule has 2 rings (SSSR count). The Morgan fingerprint density at radius 3 is 2.52 bits per heavy atom. The third kappa shape index (κ3) is 6.56. The number of nitro benzene ring substituents is 1. The van der Waals surface area contributed by atoms with Crippen LogP contribution in [0.5, 0.6) is 0 Å². The number of amides is 1. The summed E-state index contributed by atoms with van der Waals surface area (Å²) < 4.78 is 5.43. The van der Waals surface area contributed by atoms with Gasteiger partial charge in [-0.3, -0.25) is 15.1 Å². The molecule has 1 heterocycles. The Hall–Kier alpha value is -3.49. The van der Waals surface area contributed by atoms with Crippen molar-refractivity contribution in [1.82, 2.24) is 9.88 Å². The van der Waals surface area contributed by atoms with Gasteiger partial charge in [0.15, 0.2) is 0 Å². The van der Waals surface area contributed by atoms with Gasteiger partial charge in [0, 0.05) is 36.5 Å². The van der Waals surface area contributed by atoms with Gasteiger partial charge in [0.1, 0.15) is 5.60 Å². The first-order valence-corrected chi connectivity index (χ1v) is 8.95. The molecule has 0 bridgehead atoms. The number of nitro groups is 1. The Labute approximate surface area is 168 Å². The third-order valence-electron chi connectivity index (χ3n) is 3.91. The number of aromatic nitrogens is 1. The lowest BCUT2D eigenvalue weighted by atomic mass is 10.1. The van der Waals surface area contributed by atoms with Gasteiger partial charge in [-0.05, 0) is 45.0 Å². The molecule has 154 valence electrons. The number of hydrogen-bond donors (Lipinski definition) is 1. The van der Waals surface area contributed by atoms with Crippen LogP contribution in [0.2, 0.25) is 0 Å². The normalized spacial score (nSPS) is 11.0. The van der Waals surface area contributed by atoms with E-state index in [0.29, 0.717) is 6.42 Å². The Balaban J connectivity index is 2.29. The summed E-state index contributed by atoms with van der Waals surface area (Å²) in [5, 5.41) is 20.5. The summed E-state index contributed by atoms with van der Waals surface area (Å²) in [6, 6.07) is 9.04. The van der Waals surface area contributed by atoms with Crippen LogP contribution in [0.15, 0.2) is 42.6 Å². The molecule has 0 saturated heterocycles. The summed E-state index contributed by atoms with van der Waals surface area (Å²) in [6.07, 6.45) is 1.45. The zero-order valence-corrected chi connectivity index (χ0v) is 16.5. The maximum atomic E-state index is 12.7. The standard InChI is InChI=1S/C20H23N3O6/c1-20(2,3)29-19(26)22(11-9-16-6-4-5-10-21-16)13-15-8-7-14(18(24)25)12-17(15)23(27)28/h4-8,10,12H,9,11,13H2,1-3H3,(H,24,25). The van der Waals surface area contributed by atoms with E-state index in [1.807, 2.05) is 12.1 Å². The van der Waals surface area contributed by atoms with Crippen molar-refractivity contribution in [3.8, 4) is 0 Å². The van der Waals surface area contributed by atoms with Crippen LogP contribution in [0.3, 0.4) is 0 Å². The van der Waals surface area contributed by atoms with Gasteiger partial charge >= 0.3 is 12.1 Å². The molecule has 0 fully saturated rings. The monoisotopic (exact) mass is 401 g/mol. The van der Waals surface area contributed by atoms with Crippen molar-refractivity contribution < 1.29 is 24.4 Å². The first-order valence-electron chi connectivity index (χ1n) is 8.95. The minimum absolute atomic E-state index is 0.0992. The average Bonchev–Trinajstić information content (AvgIpc) is 2.64. The molecule has 29 heavy (non-hydrogen) atoms. The lowest BCUT2D eigenvalue weighted by molar-refractivity contribution is -0.385. The predicted octanol–water partition coefficient (Wildman–Crippen LogP) is 3.67. The maximum absolute atomic E-state index is 12.7. The number of nitrogens with zero attached hydrogens (tertiary/aromatic N) is 3. The van der Waals surface area contributed by atoms with E-state index in [0.717, 1.165) is 11.8 Å². The number of aromatic carboxylic acids is 1. The van der Waals surface area contributed by atoms with Crippen LogP contribution in [-0.2, 0) is 17.7 Å². The van der Waals surface area contributed by atoms with E-state index in [1.165, 1.54) is 17.0 Å². The molecule has 1 aromatic heterocycles. The van der Waals surface area contributed by atoms with E-state index in [-0.39, 0.29) is 29.9 Å². The molecule has 9 nitrogen and oxygen atoms in total. The first-order chi connectivity index (χ1) is 13.6. The van der Waals surface area contributed by atoms with Crippen LogP contribution >= 0.6 is 0 Å². The van der Waals surface area contributed by atoms with Gasteiger partial charge in [0.05, 0.1) is 17.0 Å². The van der Waals surface area contributed by atoms with E-state index in [2.05, 4.69) is 4.98 Å². The number of benzene rings is 1. The van der Waals surface area contributed by atoms with Gasteiger partial charge in [-0.25, -0.2) is 9.59 Å². The van der Waals surface area contributed by atoms with E-state index < -0.39 is 22.6 Å². The number of carbonyl (C=O) groups is 2. The molecule has 1 aromatic carbocycles. The molecule has 0 aliphatic carbocycles. The highest BCUT2D eigenvalue weighted by Crippen LogP contribution is 2.23.